The summed E-state index contributed by atoms with van der Waals surface area (Å²) in [7, 11) is 1.90. The second kappa shape index (κ2) is 4.97. The van der Waals surface area contributed by atoms with E-state index >= 15 is 0 Å². The zero-order valence-electron chi connectivity index (χ0n) is 11.5. The van der Waals surface area contributed by atoms with E-state index in [4.69, 9.17) is 5.11 Å². The van der Waals surface area contributed by atoms with E-state index in [-0.39, 0.29) is 5.75 Å². The molecule has 0 bridgehead atoms. The van der Waals surface area contributed by atoms with Gasteiger partial charge in [0.1, 0.15) is 11.6 Å². The van der Waals surface area contributed by atoms with Gasteiger partial charge in [0.05, 0.1) is 18.4 Å². The van der Waals surface area contributed by atoms with Gasteiger partial charge >= 0.3 is 6.09 Å². The fourth-order valence-electron chi connectivity index (χ4n) is 2.47. The van der Waals surface area contributed by atoms with Gasteiger partial charge in [-0.3, -0.25) is 0 Å². The van der Waals surface area contributed by atoms with Gasteiger partial charge in [-0.05, 0) is 24.3 Å². The van der Waals surface area contributed by atoms with E-state index in [0.29, 0.717) is 13.1 Å². The van der Waals surface area contributed by atoms with E-state index in [1.165, 1.54) is 4.90 Å². The van der Waals surface area contributed by atoms with Gasteiger partial charge < -0.3 is 19.7 Å². The van der Waals surface area contributed by atoms with Crippen molar-refractivity contribution in [2.45, 2.75) is 0 Å². The zero-order chi connectivity index (χ0) is 15.0. The summed E-state index contributed by atoms with van der Waals surface area (Å²) in [6.45, 7) is 0.751. The highest BCUT2D eigenvalue weighted by Crippen LogP contribution is 2.26. The molecular weight excluding hydrogens is 270 g/mol. The summed E-state index contributed by atoms with van der Waals surface area (Å²) in [5.41, 5.74) is 2.77. The Morgan fingerprint density at radius 2 is 2.00 bits per heavy atom. The number of benzene rings is 1. The minimum absolute atomic E-state index is 0.219. The van der Waals surface area contributed by atoms with Crippen molar-refractivity contribution in [3.63, 3.8) is 0 Å². The molecule has 2 N–H and O–H groups in total. The second-order valence-corrected chi connectivity index (χ2v) is 4.97. The van der Waals surface area contributed by atoms with Crippen LogP contribution < -0.4 is 0 Å². The highest BCUT2D eigenvalue weighted by molar-refractivity contribution is 5.75. The number of hydrogen-bond acceptors (Lipinski definition) is 3. The average Bonchev–Trinajstić information content (AvgIpc) is 3.06. The minimum Gasteiger partial charge on any atom is -0.508 e. The molecule has 0 unspecified atom stereocenters. The lowest BCUT2D eigenvalue weighted by molar-refractivity contribution is 0.158. The van der Waals surface area contributed by atoms with E-state index in [0.717, 1.165) is 22.7 Å². The van der Waals surface area contributed by atoms with Gasteiger partial charge in [0, 0.05) is 24.7 Å². The Morgan fingerprint density at radius 3 is 2.62 bits per heavy atom. The highest BCUT2D eigenvalue weighted by atomic mass is 16.4. The molecule has 108 valence electrons. The van der Waals surface area contributed by atoms with Crippen LogP contribution >= 0.6 is 0 Å². The first-order valence-electron chi connectivity index (χ1n) is 6.54. The standard InChI is InChI=1S/C15H15N3O3/c1-17-13(10-2-4-12(19)5-3-10)8-16-14(17)11-6-7-18(9-11)15(20)21/h2-6,8,19H,7,9H2,1H3,(H,20,21). The maximum Gasteiger partial charge on any atom is 0.407 e. The predicted molar refractivity (Wildman–Crippen MR) is 77.9 cm³/mol. The van der Waals surface area contributed by atoms with Crippen molar-refractivity contribution in [1.82, 2.24) is 14.5 Å². The molecule has 0 aliphatic carbocycles. The van der Waals surface area contributed by atoms with Crippen LogP contribution in [-0.2, 0) is 7.05 Å². The first-order valence-corrected chi connectivity index (χ1v) is 6.54. The predicted octanol–water partition coefficient (Wildman–Crippen LogP) is 2.17. The molecule has 6 nitrogen and oxygen atoms in total. The summed E-state index contributed by atoms with van der Waals surface area (Å²) in [4.78, 5) is 16.7. The third-order valence-corrected chi connectivity index (χ3v) is 3.63. The topological polar surface area (TPSA) is 78.6 Å². The van der Waals surface area contributed by atoms with E-state index in [9.17, 15) is 9.90 Å². The summed E-state index contributed by atoms with van der Waals surface area (Å²) < 4.78 is 1.93. The molecule has 6 heteroatoms. The fourth-order valence-corrected chi connectivity index (χ4v) is 2.47. The summed E-state index contributed by atoms with van der Waals surface area (Å²) >= 11 is 0. The number of nitrogens with zero attached hydrogens (tertiary/aromatic N) is 3. The second-order valence-electron chi connectivity index (χ2n) is 4.97. The van der Waals surface area contributed by atoms with Crippen LogP contribution in [0.3, 0.4) is 0 Å². The number of aromatic hydroxyl groups is 1. The van der Waals surface area contributed by atoms with Gasteiger partial charge in [-0.25, -0.2) is 9.78 Å². The smallest absolute Gasteiger partial charge is 0.407 e. The Balaban J connectivity index is 1.90. The SMILES string of the molecule is Cn1c(-c2ccc(O)cc2)cnc1C1=CCN(C(=O)O)C1. The van der Waals surface area contributed by atoms with Crippen molar-refractivity contribution in [3.05, 3.63) is 42.4 Å². The Labute approximate surface area is 121 Å². The molecule has 0 fully saturated rings. The van der Waals surface area contributed by atoms with Crippen molar-refractivity contribution < 1.29 is 15.0 Å². The van der Waals surface area contributed by atoms with Gasteiger partial charge in [-0.15, -0.1) is 0 Å². The quantitative estimate of drug-likeness (QED) is 0.886. The lowest BCUT2D eigenvalue weighted by Crippen LogP contribution is -2.26. The minimum atomic E-state index is -0.922. The van der Waals surface area contributed by atoms with E-state index < -0.39 is 6.09 Å². The van der Waals surface area contributed by atoms with Crippen LogP contribution in [0.1, 0.15) is 5.82 Å². The number of amides is 1. The summed E-state index contributed by atoms with van der Waals surface area (Å²) in [5.74, 6) is 0.985. The maximum absolute atomic E-state index is 11.0. The third-order valence-electron chi connectivity index (χ3n) is 3.63. The van der Waals surface area contributed by atoms with Gasteiger partial charge in [-0.2, -0.15) is 0 Å². The van der Waals surface area contributed by atoms with E-state index in [1.807, 2.05) is 29.8 Å². The number of phenolic OH excluding ortho intramolecular Hbond substituents is 1. The van der Waals surface area contributed by atoms with E-state index in [2.05, 4.69) is 4.98 Å². The highest BCUT2D eigenvalue weighted by Gasteiger charge is 2.22. The third kappa shape index (κ3) is 2.35. The molecule has 1 aliphatic rings. The van der Waals surface area contributed by atoms with Crippen LogP contribution in [0.5, 0.6) is 5.75 Å². The van der Waals surface area contributed by atoms with Gasteiger partial charge in [-0.1, -0.05) is 6.08 Å². The number of carbonyl (C=O) groups is 1. The summed E-state index contributed by atoms with van der Waals surface area (Å²) in [6, 6.07) is 6.90. The van der Waals surface area contributed by atoms with Crippen molar-refractivity contribution in [2.24, 2.45) is 7.05 Å². The molecule has 0 atom stereocenters. The van der Waals surface area contributed by atoms with Crippen molar-refractivity contribution in [3.8, 4) is 17.0 Å². The zero-order valence-corrected chi connectivity index (χ0v) is 11.5. The van der Waals surface area contributed by atoms with Crippen molar-refractivity contribution in [1.29, 1.82) is 0 Å². The molecule has 2 heterocycles. The molecule has 1 aliphatic heterocycles. The van der Waals surface area contributed by atoms with Gasteiger partial charge in [0.15, 0.2) is 0 Å². The van der Waals surface area contributed by atoms with Gasteiger partial charge in [0.25, 0.3) is 0 Å². The molecule has 1 aromatic carbocycles. The lowest BCUT2D eigenvalue weighted by Gasteiger charge is -2.11. The van der Waals surface area contributed by atoms with Crippen LogP contribution in [0.2, 0.25) is 0 Å². The number of imidazole rings is 1. The Morgan fingerprint density at radius 1 is 1.29 bits per heavy atom. The number of carboxylic acid groups (broad SMARTS) is 1. The molecule has 0 saturated heterocycles. The summed E-state index contributed by atoms with van der Waals surface area (Å²) in [5, 5.41) is 18.3. The number of aromatic nitrogens is 2. The Bertz CT molecular complexity index is 716. The monoisotopic (exact) mass is 285 g/mol. The molecule has 0 radical (unpaired) electrons. The summed E-state index contributed by atoms with van der Waals surface area (Å²) in [6.07, 6.45) is 2.72. The normalized spacial score (nSPS) is 14.3. The average molecular weight is 285 g/mol. The molecule has 21 heavy (non-hydrogen) atoms. The molecule has 2 aromatic rings. The Hall–Kier alpha value is -2.76. The van der Waals surface area contributed by atoms with Crippen LogP contribution in [0.4, 0.5) is 4.79 Å². The lowest BCUT2D eigenvalue weighted by atomic mass is 10.1. The molecule has 1 amide bonds. The van der Waals surface area contributed by atoms with E-state index in [1.54, 1.807) is 18.3 Å². The Kier molecular flexibility index (Phi) is 3.13. The maximum atomic E-state index is 11.0. The van der Waals surface area contributed by atoms with Gasteiger partial charge in [0.2, 0.25) is 0 Å². The number of phenols is 1. The number of hydrogen-bond donors (Lipinski definition) is 2. The largest absolute Gasteiger partial charge is 0.508 e. The van der Waals surface area contributed by atoms with Crippen LogP contribution in [-0.4, -0.2) is 43.8 Å². The fraction of sp³-hybridized carbons (Fsp3) is 0.200. The van der Waals surface area contributed by atoms with Crippen LogP contribution in [0.25, 0.3) is 16.8 Å². The molecule has 0 spiro atoms. The van der Waals surface area contributed by atoms with Crippen molar-refractivity contribution >= 4 is 11.7 Å². The van der Waals surface area contributed by atoms with Crippen LogP contribution in [0, 0.1) is 0 Å². The van der Waals surface area contributed by atoms with Crippen molar-refractivity contribution in [2.75, 3.05) is 13.1 Å². The molecule has 3 rings (SSSR count). The molecule has 1 aromatic heterocycles. The first-order chi connectivity index (χ1) is 10.1. The number of rotatable bonds is 2. The molecular formula is C15H15N3O3. The van der Waals surface area contributed by atoms with Crippen LogP contribution in [0.15, 0.2) is 36.5 Å². The first kappa shape index (κ1) is 13.2. The molecule has 0 saturated carbocycles.